The Morgan fingerprint density at radius 1 is 1.40 bits per heavy atom. The minimum absolute atomic E-state index is 0.0221. The number of thiophene rings is 1. The molecule has 0 amide bonds. The predicted molar refractivity (Wildman–Crippen MR) is 84.3 cm³/mol. The molecular formula is C15H13BrN2OS. The number of nitrogens with zero attached hydrogens (tertiary/aromatic N) is 2. The van der Waals surface area contributed by atoms with Gasteiger partial charge < -0.3 is 4.74 Å². The van der Waals surface area contributed by atoms with Gasteiger partial charge in [0.15, 0.2) is 6.23 Å². The number of hydrogen-bond donors (Lipinski definition) is 0. The molecular weight excluding hydrogens is 336 g/mol. The zero-order chi connectivity index (χ0) is 13.7. The van der Waals surface area contributed by atoms with E-state index in [0.29, 0.717) is 0 Å². The monoisotopic (exact) mass is 348 g/mol. The standard InChI is InChI=1S/C15H13BrN2OS/c1-9-18-13(8-12(17-18)15-3-2-6-20-15)11-7-10(16)4-5-14(11)19-9/h2-7,9,13H,8H2,1H3/t9-,13+/m1/s1. The van der Waals surface area contributed by atoms with Crippen LogP contribution in [0.1, 0.15) is 29.8 Å². The van der Waals surface area contributed by atoms with Crippen molar-refractivity contribution >= 4 is 33.0 Å². The summed E-state index contributed by atoms with van der Waals surface area (Å²) in [5.74, 6) is 0.976. The summed E-state index contributed by atoms with van der Waals surface area (Å²) in [5.41, 5.74) is 2.38. The number of rotatable bonds is 1. The second-order valence-electron chi connectivity index (χ2n) is 5.02. The molecule has 0 spiro atoms. The summed E-state index contributed by atoms with van der Waals surface area (Å²) < 4.78 is 7.05. The van der Waals surface area contributed by atoms with Crippen LogP contribution in [0.3, 0.4) is 0 Å². The minimum atomic E-state index is -0.0221. The Labute approximate surface area is 130 Å². The van der Waals surface area contributed by atoms with Gasteiger partial charge in [0.1, 0.15) is 5.75 Å². The van der Waals surface area contributed by atoms with Gasteiger partial charge in [-0.05, 0) is 36.6 Å². The number of fused-ring (bicyclic) bond motifs is 3. The third-order valence-electron chi connectivity index (χ3n) is 3.75. The molecule has 0 bridgehead atoms. The van der Waals surface area contributed by atoms with Crippen LogP contribution in [0.25, 0.3) is 0 Å². The molecule has 0 unspecified atom stereocenters. The third-order valence-corrected chi connectivity index (χ3v) is 5.16. The number of hydrazone groups is 1. The smallest absolute Gasteiger partial charge is 0.185 e. The number of halogens is 1. The van der Waals surface area contributed by atoms with Gasteiger partial charge in [-0.2, -0.15) is 5.10 Å². The zero-order valence-electron chi connectivity index (χ0n) is 10.9. The van der Waals surface area contributed by atoms with Crippen LogP contribution in [0.5, 0.6) is 5.75 Å². The van der Waals surface area contributed by atoms with Crippen molar-refractivity contribution in [2.24, 2.45) is 5.10 Å². The fraction of sp³-hybridized carbons (Fsp3) is 0.267. The molecule has 20 heavy (non-hydrogen) atoms. The van der Waals surface area contributed by atoms with Crippen LogP contribution >= 0.6 is 27.3 Å². The van der Waals surface area contributed by atoms with Gasteiger partial charge in [0.05, 0.1) is 16.6 Å². The van der Waals surface area contributed by atoms with Gasteiger partial charge in [0.25, 0.3) is 0 Å². The van der Waals surface area contributed by atoms with Crippen LogP contribution in [0, 0.1) is 0 Å². The molecule has 3 heterocycles. The van der Waals surface area contributed by atoms with E-state index in [4.69, 9.17) is 9.84 Å². The molecule has 0 fully saturated rings. The largest absolute Gasteiger partial charge is 0.469 e. The van der Waals surface area contributed by atoms with Gasteiger partial charge in [-0.3, -0.25) is 5.01 Å². The maximum Gasteiger partial charge on any atom is 0.185 e. The van der Waals surface area contributed by atoms with Gasteiger partial charge in [-0.1, -0.05) is 22.0 Å². The van der Waals surface area contributed by atoms with Crippen molar-refractivity contribution in [3.05, 3.63) is 50.6 Å². The average molecular weight is 349 g/mol. The normalized spacial score (nSPS) is 23.9. The first kappa shape index (κ1) is 12.4. The first-order valence-electron chi connectivity index (χ1n) is 6.58. The molecule has 1 aromatic heterocycles. The SMILES string of the molecule is C[C@H]1Oc2ccc(Br)cc2[C@@H]2CC(c3cccs3)=NN12. The van der Waals surface area contributed by atoms with Gasteiger partial charge in [-0.25, -0.2) is 0 Å². The summed E-state index contributed by atoms with van der Waals surface area (Å²) in [7, 11) is 0. The molecule has 2 aliphatic rings. The Morgan fingerprint density at radius 3 is 3.10 bits per heavy atom. The Bertz CT molecular complexity index is 683. The quantitative estimate of drug-likeness (QED) is 0.762. The van der Waals surface area contributed by atoms with E-state index in [2.05, 4.69) is 51.4 Å². The first-order chi connectivity index (χ1) is 9.72. The number of benzene rings is 1. The molecule has 5 heteroatoms. The second-order valence-corrected chi connectivity index (χ2v) is 6.89. The summed E-state index contributed by atoms with van der Waals surface area (Å²) >= 11 is 5.29. The molecule has 0 radical (unpaired) electrons. The van der Waals surface area contributed by atoms with Crippen LogP contribution in [-0.2, 0) is 0 Å². The lowest BCUT2D eigenvalue weighted by Gasteiger charge is -2.36. The molecule has 2 aromatic rings. The maximum atomic E-state index is 5.97. The Morgan fingerprint density at radius 2 is 2.30 bits per heavy atom. The van der Waals surface area contributed by atoms with E-state index >= 15 is 0 Å². The molecule has 0 aliphatic carbocycles. The first-order valence-corrected chi connectivity index (χ1v) is 8.25. The van der Waals surface area contributed by atoms with Crippen LogP contribution in [-0.4, -0.2) is 16.9 Å². The van der Waals surface area contributed by atoms with Crippen LogP contribution in [0.4, 0.5) is 0 Å². The van der Waals surface area contributed by atoms with Gasteiger partial charge in [0, 0.05) is 16.5 Å². The van der Waals surface area contributed by atoms with E-state index in [9.17, 15) is 0 Å². The van der Waals surface area contributed by atoms with Crippen LogP contribution in [0.15, 0.2) is 45.3 Å². The van der Waals surface area contributed by atoms with E-state index in [-0.39, 0.29) is 12.3 Å². The number of ether oxygens (including phenoxy) is 1. The Hall–Kier alpha value is -1.33. The molecule has 4 rings (SSSR count). The highest BCUT2D eigenvalue weighted by Crippen LogP contribution is 2.44. The van der Waals surface area contributed by atoms with E-state index in [0.717, 1.165) is 22.4 Å². The lowest BCUT2D eigenvalue weighted by Crippen LogP contribution is -2.37. The highest BCUT2D eigenvalue weighted by Gasteiger charge is 2.38. The van der Waals surface area contributed by atoms with Crippen molar-refractivity contribution in [1.82, 2.24) is 5.01 Å². The number of hydrogen-bond acceptors (Lipinski definition) is 4. The molecule has 3 nitrogen and oxygen atoms in total. The van der Waals surface area contributed by atoms with Crippen molar-refractivity contribution < 1.29 is 4.74 Å². The fourth-order valence-electron chi connectivity index (χ4n) is 2.83. The van der Waals surface area contributed by atoms with Crippen molar-refractivity contribution in [1.29, 1.82) is 0 Å². The fourth-order valence-corrected chi connectivity index (χ4v) is 3.93. The van der Waals surface area contributed by atoms with E-state index in [1.54, 1.807) is 11.3 Å². The molecule has 2 atom stereocenters. The summed E-state index contributed by atoms with van der Waals surface area (Å²) in [6.45, 7) is 2.05. The van der Waals surface area contributed by atoms with Gasteiger partial charge in [0.2, 0.25) is 0 Å². The predicted octanol–water partition coefficient (Wildman–Crippen LogP) is 4.40. The van der Waals surface area contributed by atoms with Crippen LogP contribution < -0.4 is 4.74 Å². The molecule has 0 N–H and O–H groups in total. The Balaban J connectivity index is 1.76. The van der Waals surface area contributed by atoms with Crippen molar-refractivity contribution in [3.8, 4) is 5.75 Å². The lowest BCUT2D eigenvalue weighted by atomic mass is 9.99. The molecule has 2 aliphatic heterocycles. The maximum absolute atomic E-state index is 5.97. The highest BCUT2D eigenvalue weighted by molar-refractivity contribution is 9.10. The van der Waals surface area contributed by atoms with Gasteiger partial charge in [-0.15, -0.1) is 11.3 Å². The topological polar surface area (TPSA) is 24.8 Å². The summed E-state index contributed by atoms with van der Waals surface area (Å²) in [5, 5.41) is 8.97. The average Bonchev–Trinajstić information content (AvgIpc) is 3.08. The highest BCUT2D eigenvalue weighted by atomic mass is 79.9. The molecule has 102 valence electrons. The summed E-state index contributed by atoms with van der Waals surface area (Å²) in [6, 6.07) is 10.7. The second kappa shape index (κ2) is 4.60. The minimum Gasteiger partial charge on any atom is -0.469 e. The molecule has 0 saturated carbocycles. The van der Waals surface area contributed by atoms with Crippen molar-refractivity contribution in [2.75, 3.05) is 0 Å². The van der Waals surface area contributed by atoms with Crippen LogP contribution in [0.2, 0.25) is 0 Å². The summed E-state index contributed by atoms with van der Waals surface area (Å²) in [6.07, 6.45) is 0.920. The summed E-state index contributed by atoms with van der Waals surface area (Å²) in [4.78, 5) is 1.25. The van der Waals surface area contributed by atoms with E-state index < -0.39 is 0 Å². The molecule has 1 aromatic carbocycles. The van der Waals surface area contributed by atoms with E-state index in [1.807, 2.05) is 12.1 Å². The lowest BCUT2D eigenvalue weighted by molar-refractivity contribution is -0.00339. The van der Waals surface area contributed by atoms with E-state index in [1.165, 1.54) is 10.4 Å². The van der Waals surface area contributed by atoms with Gasteiger partial charge >= 0.3 is 0 Å². The molecule has 0 saturated heterocycles. The van der Waals surface area contributed by atoms with Crippen molar-refractivity contribution in [2.45, 2.75) is 25.6 Å². The zero-order valence-corrected chi connectivity index (χ0v) is 13.3. The Kier molecular flexibility index (Phi) is 2.86. The van der Waals surface area contributed by atoms with Crippen molar-refractivity contribution in [3.63, 3.8) is 0 Å². The third kappa shape index (κ3) is 1.88.